The maximum absolute atomic E-state index is 14.6. The van der Waals surface area contributed by atoms with E-state index in [4.69, 9.17) is 21.3 Å². The summed E-state index contributed by atoms with van der Waals surface area (Å²) in [6.45, 7) is 3.40. The smallest absolute Gasteiger partial charge is 0.338 e. The lowest BCUT2D eigenvalue weighted by Gasteiger charge is -2.34. The quantitative estimate of drug-likeness (QED) is 0.420. The molecule has 2 aromatic rings. The van der Waals surface area contributed by atoms with E-state index in [1.54, 1.807) is 29.0 Å². The molecular formula is C29H30ClFN6O5S. The number of hydrogen-bond acceptors (Lipinski definition) is 9. The van der Waals surface area contributed by atoms with Crippen LogP contribution in [0.25, 0.3) is 0 Å². The van der Waals surface area contributed by atoms with Gasteiger partial charge in [0.05, 0.1) is 41.9 Å². The summed E-state index contributed by atoms with van der Waals surface area (Å²) >= 11 is 7.77. The van der Waals surface area contributed by atoms with E-state index in [0.717, 1.165) is 5.70 Å². The second-order valence-corrected chi connectivity index (χ2v) is 12.0. The zero-order valence-electron chi connectivity index (χ0n) is 23.3. The molecule has 1 unspecified atom stereocenters. The molecule has 1 saturated heterocycles. The number of esters is 1. The molecule has 4 heterocycles. The van der Waals surface area contributed by atoms with E-state index in [2.05, 4.69) is 10.3 Å². The van der Waals surface area contributed by atoms with Crippen LogP contribution in [0, 0.1) is 11.7 Å². The van der Waals surface area contributed by atoms with Crippen molar-refractivity contribution in [2.75, 3.05) is 32.8 Å². The van der Waals surface area contributed by atoms with Crippen LogP contribution in [0.4, 0.5) is 9.18 Å². The fourth-order valence-corrected chi connectivity index (χ4v) is 6.93. The van der Waals surface area contributed by atoms with Crippen LogP contribution in [0.15, 0.2) is 57.9 Å². The Bertz CT molecular complexity index is 1550. The molecular weight excluding hydrogens is 599 g/mol. The molecule has 3 atom stereocenters. The molecule has 11 nitrogen and oxygen atoms in total. The second kappa shape index (κ2) is 12.0. The Morgan fingerprint density at radius 2 is 2.12 bits per heavy atom. The zero-order valence-corrected chi connectivity index (χ0v) is 24.9. The van der Waals surface area contributed by atoms with Gasteiger partial charge in [0, 0.05) is 48.2 Å². The summed E-state index contributed by atoms with van der Waals surface area (Å²) in [7, 11) is 0. The number of carboxylic acid groups (broad SMARTS) is 1. The van der Waals surface area contributed by atoms with Crippen molar-refractivity contribution in [1.29, 1.82) is 0 Å². The maximum atomic E-state index is 14.6. The van der Waals surface area contributed by atoms with E-state index in [1.807, 2.05) is 16.5 Å². The summed E-state index contributed by atoms with van der Waals surface area (Å²) in [5, 5.41) is 15.0. The monoisotopic (exact) mass is 628 g/mol. The third-order valence-electron chi connectivity index (χ3n) is 8.19. The first-order valence-electron chi connectivity index (χ1n) is 14.1. The summed E-state index contributed by atoms with van der Waals surface area (Å²) in [5.74, 6) is -2.05. The predicted octanol–water partition coefficient (Wildman–Crippen LogP) is 3.99. The average molecular weight is 629 g/mol. The summed E-state index contributed by atoms with van der Waals surface area (Å²) < 4.78 is 20.0. The Balaban J connectivity index is 1.32. The number of benzene rings is 1. The van der Waals surface area contributed by atoms with Crippen molar-refractivity contribution in [3.05, 3.63) is 74.4 Å². The summed E-state index contributed by atoms with van der Waals surface area (Å²) in [6, 6.07) is 3.24. The highest BCUT2D eigenvalue weighted by Crippen LogP contribution is 2.38. The van der Waals surface area contributed by atoms with Gasteiger partial charge in [-0.15, -0.1) is 11.3 Å². The van der Waals surface area contributed by atoms with Gasteiger partial charge in [-0.2, -0.15) is 0 Å². The first-order valence-corrected chi connectivity index (χ1v) is 15.3. The number of rotatable bonds is 8. The fraction of sp³-hybridized carbons (Fsp3) is 0.414. The number of fused-ring (bicyclic) bond motifs is 1. The third-order valence-corrected chi connectivity index (χ3v) is 9.37. The lowest BCUT2D eigenvalue weighted by Crippen LogP contribution is -2.44. The number of nitrogens with one attached hydrogen (secondary N) is 1. The van der Waals surface area contributed by atoms with Crippen LogP contribution in [-0.4, -0.2) is 87.4 Å². The van der Waals surface area contributed by atoms with Gasteiger partial charge >= 0.3 is 18.0 Å². The number of hydrogen-bond donors (Lipinski definition) is 2. The number of aromatic nitrogens is 1. The summed E-state index contributed by atoms with van der Waals surface area (Å²) in [5.41, 5.74) is 1.86. The van der Waals surface area contributed by atoms with Crippen LogP contribution in [0.3, 0.4) is 0 Å². The molecule has 1 saturated carbocycles. The van der Waals surface area contributed by atoms with Crippen LogP contribution in [0.2, 0.25) is 5.02 Å². The lowest BCUT2D eigenvalue weighted by atomic mass is 9.95. The first kappa shape index (κ1) is 29.1. The number of carbonyl (C=O) groups excluding carboxylic acids is 2. The number of ether oxygens (including phenoxy) is 1. The number of amidine groups is 1. The van der Waals surface area contributed by atoms with Gasteiger partial charge in [0.25, 0.3) is 0 Å². The summed E-state index contributed by atoms with van der Waals surface area (Å²) in [4.78, 5) is 52.8. The SMILES string of the molecule is CCOC(=O)C1=C(CN2C=C3CN([C@H]4CC[C@H](C(=O)O)C4)C(=O)N3CC2)NC(c2nccs2)=NC1c1cccc(F)c1Cl. The van der Waals surface area contributed by atoms with Gasteiger partial charge in [-0.25, -0.2) is 19.0 Å². The molecule has 0 radical (unpaired) electrons. The average Bonchev–Trinajstić information content (AvgIpc) is 3.75. The molecule has 2 fully saturated rings. The number of aliphatic carboxylic acids is 1. The number of carbonyl (C=O) groups is 3. The minimum absolute atomic E-state index is 0.108. The highest BCUT2D eigenvalue weighted by atomic mass is 35.5. The highest BCUT2D eigenvalue weighted by Gasteiger charge is 2.43. The van der Waals surface area contributed by atoms with Gasteiger partial charge in [-0.1, -0.05) is 23.7 Å². The molecule has 226 valence electrons. The van der Waals surface area contributed by atoms with Gasteiger partial charge in [0.2, 0.25) is 0 Å². The number of thiazole rings is 1. The summed E-state index contributed by atoms with van der Waals surface area (Å²) in [6.07, 6.45) is 5.23. The minimum atomic E-state index is -0.945. The van der Waals surface area contributed by atoms with Gasteiger partial charge in [0.15, 0.2) is 10.8 Å². The van der Waals surface area contributed by atoms with Crippen molar-refractivity contribution in [3.8, 4) is 0 Å². The van der Waals surface area contributed by atoms with Crippen molar-refractivity contribution < 1.29 is 28.6 Å². The van der Waals surface area contributed by atoms with E-state index in [9.17, 15) is 23.9 Å². The Hall–Kier alpha value is -3.97. The predicted molar refractivity (Wildman–Crippen MR) is 157 cm³/mol. The molecule has 3 aliphatic heterocycles. The van der Waals surface area contributed by atoms with E-state index < -0.39 is 29.7 Å². The number of urea groups is 1. The molecule has 1 aromatic heterocycles. The number of aliphatic imine (C=N–C) groups is 1. The van der Waals surface area contributed by atoms with Crippen LogP contribution in [0.1, 0.15) is 42.8 Å². The molecule has 0 spiro atoms. The molecule has 2 N–H and O–H groups in total. The van der Waals surface area contributed by atoms with Crippen LogP contribution < -0.4 is 5.32 Å². The number of amides is 2. The van der Waals surface area contributed by atoms with Crippen molar-refractivity contribution in [3.63, 3.8) is 0 Å². The minimum Gasteiger partial charge on any atom is -0.481 e. The van der Waals surface area contributed by atoms with Crippen molar-refractivity contribution >= 4 is 46.7 Å². The molecule has 1 aliphatic carbocycles. The number of carboxylic acids is 1. The van der Waals surface area contributed by atoms with Crippen molar-refractivity contribution in [2.24, 2.45) is 10.9 Å². The lowest BCUT2D eigenvalue weighted by molar-refractivity contribution is -0.141. The fourth-order valence-electron chi connectivity index (χ4n) is 6.11. The Labute approximate surface area is 256 Å². The van der Waals surface area contributed by atoms with E-state index in [-0.39, 0.29) is 35.8 Å². The normalized spacial score (nSPS) is 23.7. The molecule has 4 aliphatic rings. The van der Waals surface area contributed by atoms with Crippen LogP contribution in [0.5, 0.6) is 0 Å². The molecule has 6 rings (SSSR count). The topological polar surface area (TPSA) is 128 Å². The Kier molecular flexibility index (Phi) is 8.10. The first-order chi connectivity index (χ1) is 20.7. The van der Waals surface area contributed by atoms with Crippen LogP contribution in [-0.2, 0) is 14.3 Å². The van der Waals surface area contributed by atoms with Crippen LogP contribution >= 0.6 is 22.9 Å². The van der Waals surface area contributed by atoms with Gasteiger partial charge in [0.1, 0.15) is 11.9 Å². The van der Waals surface area contributed by atoms with Crippen molar-refractivity contribution in [2.45, 2.75) is 38.3 Å². The molecule has 14 heteroatoms. The maximum Gasteiger partial charge on any atom is 0.338 e. The van der Waals surface area contributed by atoms with Gasteiger partial charge in [-0.05, 0) is 32.3 Å². The molecule has 43 heavy (non-hydrogen) atoms. The van der Waals surface area contributed by atoms with E-state index in [1.165, 1.54) is 23.5 Å². The van der Waals surface area contributed by atoms with E-state index >= 15 is 0 Å². The second-order valence-electron chi connectivity index (χ2n) is 10.8. The van der Waals surface area contributed by atoms with Gasteiger partial charge in [-0.3, -0.25) is 14.7 Å². The van der Waals surface area contributed by atoms with Gasteiger partial charge < -0.3 is 25.0 Å². The van der Waals surface area contributed by atoms with Crippen molar-refractivity contribution in [1.82, 2.24) is 25.0 Å². The van der Waals surface area contributed by atoms with E-state index in [0.29, 0.717) is 61.0 Å². The zero-order chi connectivity index (χ0) is 30.2. The largest absolute Gasteiger partial charge is 0.481 e. The number of halogens is 2. The Morgan fingerprint density at radius 1 is 1.28 bits per heavy atom. The standard InChI is InChI=1S/C29H30ClFN6O5S/c1-2-42-28(40)22-21(33-25(26-32-8-11-43-26)34-24(22)19-4-3-5-20(31)23(19)30)15-35-9-10-36-18(13-35)14-37(29(36)41)17-7-6-16(12-17)27(38)39/h3-5,8,11,13,16-17,24H,2,6-7,9-10,12,14-15H2,1H3,(H,33,34)(H,38,39)/t16-,17-,24?/m0/s1. The number of nitrogens with zero attached hydrogens (tertiary/aromatic N) is 5. The highest BCUT2D eigenvalue weighted by molar-refractivity contribution is 7.11. The molecule has 1 aromatic carbocycles. The third kappa shape index (κ3) is 5.58. The molecule has 0 bridgehead atoms. The molecule has 2 amide bonds. The Morgan fingerprint density at radius 3 is 2.84 bits per heavy atom.